The van der Waals surface area contributed by atoms with Gasteiger partial charge in [-0.2, -0.15) is 5.10 Å². The zero-order valence-electron chi connectivity index (χ0n) is 15.9. The van der Waals surface area contributed by atoms with Gasteiger partial charge in [-0.15, -0.1) is 0 Å². The number of hydrogen-bond donors (Lipinski definition) is 0. The Balaban J connectivity index is 1.60. The molecule has 3 aliphatic rings. The van der Waals surface area contributed by atoms with Gasteiger partial charge in [0.25, 0.3) is 5.91 Å². The van der Waals surface area contributed by atoms with Crippen LogP contribution in [0, 0.1) is 25.7 Å². The monoisotopic (exact) mass is 353 g/mol. The third-order valence-corrected chi connectivity index (χ3v) is 5.85. The van der Waals surface area contributed by atoms with Crippen LogP contribution < -0.4 is 5.01 Å². The Hall–Kier alpha value is -2.17. The van der Waals surface area contributed by atoms with E-state index in [0.29, 0.717) is 36.4 Å². The van der Waals surface area contributed by atoms with Crippen molar-refractivity contribution < 1.29 is 9.59 Å². The molecule has 0 saturated heterocycles. The van der Waals surface area contributed by atoms with Crippen molar-refractivity contribution in [2.24, 2.45) is 16.9 Å². The molecule has 1 aromatic carbocycles. The average Bonchev–Trinajstić information content (AvgIpc) is 3.52. The maximum atomic E-state index is 13.1. The second-order valence-corrected chi connectivity index (χ2v) is 8.12. The number of hydrazone groups is 1. The number of anilines is 1. The van der Waals surface area contributed by atoms with Gasteiger partial charge in [-0.25, -0.2) is 5.01 Å². The van der Waals surface area contributed by atoms with Gasteiger partial charge in [-0.3, -0.25) is 9.59 Å². The fourth-order valence-corrected chi connectivity index (χ4v) is 4.08. The van der Waals surface area contributed by atoms with Gasteiger partial charge >= 0.3 is 0 Å². The van der Waals surface area contributed by atoms with Gasteiger partial charge in [0.1, 0.15) is 5.71 Å². The summed E-state index contributed by atoms with van der Waals surface area (Å²) in [4.78, 5) is 27.5. The minimum Gasteiger partial charge on any atom is -0.337 e. The SMILES string of the molecule is Cc1ccc(C)c(N2N=C(C(=O)N(C)C(C3CC3)C3CC3)CCC2=O)c1. The highest BCUT2D eigenvalue weighted by Crippen LogP contribution is 2.47. The Morgan fingerprint density at radius 2 is 1.81 bits per heavy atom. The van der Waals surface area contributed by atoms with E-state index in [0.717, 1.165) is 16.8 Å². The summed E-state index contributed by atoms with van der Waals surface area (Å²) in [5.41, 5.74) is 3.36. The molecule has 138 valence electrons. The number of carbonyl (C=O) groups excluding carboxylic acids is 2. The molecule has 1 heterocycles. The smallest absolute Gasteiger partial charge is 0.270 e. The summed E-state index contributed by atoms with van der Waals surface area (Å²) in [6, 6.07) is 6.33. The predicted octanol–water partition coefficient (Wildman–Crippen LogP) is 3.43. The van der Waals surface area contributed by atoms with Crippen LogP contribution in [0.15, 0.2) is 23.3 Å². The van der Waals surface area contributed by atoms with Crippen molar-refractivity contribution in [3.05, 3.63) is 29.3 Å². The molecule has 5 heteroatoms. The van der Waals surface area contributed by atoms with E-state index < -0.39 is 0 Å². The lowest BCUT2D eigenvalue weighted by atomic mass is 10.0. The van der Waals surface area contributed by atoms with Crippen LogP contribution in [0.25, 0.3) is 0 Å². The Kier molecular flexibility index (Phi) is 4.33. The minimum absolute atomic E-state index is 0.00314. The summed E-state index contributed by atoms with van der Waals surface area (Å²) in [5, 5.41) is 5.95. The van der Waals surface area contributed by atoms with Crippen LogP contribution in [0.3, 0.4) is 0 Å². The van der Waals surface area contributed by atoms with E-state index in [2.05, 4.69) is 5.10 Å². The Bertz CT molecular complexity index is 765. The molecule has 4 rings (SSSR count). The van der Waals surface area contributed by atoms with Gasteiger partial charge in [0.05, 0.1) is 5.69 Å². The third-order valence-electron chi connectivity index (χ3n) is 5.85. The molecule has 0 spiro atoms. The highest BCUT2D eigenvalue weighted by molar-refractivity contribution is 6.40. The number of nitrogens with zero attached hydrogens (tertiary/aromatic N) is 3. The van der Waals surface area contributed by atoms with E-state index in [4.69, 9.17) is 0 Å². The highest BCUT2D eigenvalue weighted by atomic mass is 16.2. The van der Waals surface area contributed by atoms with Crippen LogP contribution in [0.4, 0.5) is 5.69 Å². The first kappa shape index (κ1) is 17.3. The summed E-state index contributed by atoms with van der Waals surface area (Å²) >= 11 is 0. The van der Waals surface area contributed by atoms with Gasteiger partial charge in [0.2, 0.25) is 5.91 Å². The van der Waals surface area contributed by atoms with Gasteiger partial charge < -0.3 is 4.90 Å². The zero-order chi connectivity index (χ0) is 18.4. The summed E-state index contributed by atoms with van der Waals surface area (Å²) in [6.45, 7) is 3.97. The van der Waals surface area contributed by atoms with Crippen LogP contribution in [0.2, 0.25) is 0 Å². The number of amides is 2. The normalized spacial score (nSPS) is 20.4. The molecule has 2 aliphatic carbocycles. The molecule has 0 aromatic heterocycles. The van der Waals surface area contributed by atoms with Gasteiger partial charge in [0, 0.05) is 25.9 Å². The van der Waals surface area contributed by atoms with Crippen LogP contribution in [-0.4, -0.2) is 35.5 Å². The number of aryl methyl sites for hydroxylation is 2. The van der Waals surface area contributed by atoms with Crippen molar-refractivity contribution in [3.63, 3.8) is 0 Å². The van der Waals surface area contributed by atoms with E-state index >= 15 is 0 Å². The molecule has 1 aliphatic heterocycles. The molecule has 0 bridgehead atoms. The molecule has 0 radical (unpaired) electrons. The molecule has 1 aromatic rings. The second kappa shape index (κ2) is 6.53. The third kappa shape index (κ3) is 3.27. The molecule has 2 saturated carbocycles. The Labute approximate surface area is 155 Å². The first-order chi connectivity index (χ1) is 12.5. The Morgan fingerprint density at radius 3 is 2.42 bits per heavy atom. The molecule has 0 atom stereocenters. The summed E-state index contributed by atoms with van der Waals surface area (Å²) in [7, 11) is 1.92. The molecule has 0 N–H and O–H groups in total. The van der Waals surface area contributed by atoms with Crippen LogP contribution in [0.5, 0.6) is 0 Å². The first-order valence-corrected chi connectivity index (χ1v) is 9.70. The van der Waals surface area contributed by atoms with Crippen molar-refractivity contribution in [2.75, 3.05) is 12.1 Å². The molecule has 2 fully saturated rings. The maximum Gasteiger partial charge on any atom is 0.270 e. The quantitative estimate of drug-likeness (QED) is 0.814. The molecular weight excluding hydrogens is 326 g/mol. The number of hydrogen-bond acceptors (Lipinski definition) is 3. The minimum atomic E-state index is -0.0427. The van der Waals surface area contributed by atoms with E-state index in [1.54, 1.807) is 0 Å². The predicted molar refractivity (Wildman–Crippen MR) is 102 cm³/mol. The zero-order valence-corrected chi connectivity index (χ0v) is 15.9. The number of benzene rings is 1. The van der Waals surface area contributed by atoms with Crippen LogP contribution in [0.1, 0.15) is 49.7 Å². The van der Waals surface area contributed by atoms with Gasteiger partial charge in [-0.1, -0.05) is 12.1 Å². The van der Waals surface area contributed by atoms with E-state index in [9.17, 15) is 9.59 Å². The fourth-order valence-electron chi connectivity index (χ4n) is 4.08. The lowest BCUT2D eigenvalue weighted by Crippen LogP contribution is -2.46. The fraction of sp³-hybridized carbons (Fsp3) is 0.571. The summed E-state index contributed by atoms with van der Waals surface area (Å²) in [6.07, 6.45) is 5.71. The van der Waals surface area contributed by atoms with Gasteiger partial charge in [0.15, 0.2) is 0 Å². The van der Waals surface area contributed by atoms with Crippen molar-refractivity contribution in [2.45, 2.75) is 58.4 Å². The number of carbonyl (C=O) groups is 2. The number of rotatable bonds is 5. The van der Waals surface area contributed by atoms with E-state index in [-0.39, 0.29) is 11.8 Å². The van der Waals surface area contributed by atoms with Crippen molar-refractivity contribution >= 4 is 23.2 Å². The van der Waals surface area contributed by atoms with Crippen molar-refractivity contribution in [3.8, 4) is 0 Å². The average molecular weight is 353 g/mol. The van der Waals surface area contributed by atoms with Crippen molar-refractivity contribution in [1.82, 2.24) is 4.90 Å². The molecule has 26 heavy (non-hydrogen) atoms. The molecular formula is C21H27N3O2. The van der Waals surface area contributed by atoms with E-state index in [1.807, 2.05) is 44.0 Å². The summed E-state index contributed by atoms with van der Waals surface area (Å²) < 4.78 is 0. The Morgan fingerprint density at radius 1 is 1.15 bits per heavy atom. The molecule has 2 amide bonds. The van der Waals surface area contributed by atoms with Crippen LogP contribution in [-0.2, 0) is 9.59 Å². The van der Waals surface area contributed by atoms with Crippen LogP contribution >= 0.6 is 0 Å². The van der Waals surface area contributed by atoms with Crippen molar-refractivity contribution in [1.29, 1.82) is 0 Å². The molecule has 0 unspecified atom stereocenters. The maximum absolute atomic E-state index is 13.1. The standard InChI is InChI=1S/C21H27N3O2/c1-13-4-5-14(2)18(12-13)24-19(25)11-10-17(22-24)21(26)23(3)20(15-6-7-15)16-8-9-16/h4-5,12,15-16,20H,6-11H2,1-3H3. The van der Waals surface area contributed by atoms with Gasteiger partial charge in [-0.05, 0) is 68.6 Å². The summed E-state index contributed by atoms with van der Waals surface area (Å²) in [5.74, 6) is 1.28. The molecule has 5 nitrogen and oxygen atoms in total. The van der Waals surface area contributed by atoms with E-state index in [1.165, 1.54) is 30.7 Å². The largest absolute Gasteiger partial charge is 0.337 e. The highest BCUT2D eigenvalue weighted by Gasteiger charge is 2.45. The topological polar surface area (TPSA) is 53.0 Å². The lowest BCUT2D eigenvalue weighted by Gasteiger charge is -2.31. The second-order valence-electron chi connectivity index (χ2n) is 8.12. The first-order valence-electron chi connectivity index (χ1n) is 9.70. The lowest BCUT2D eigenvalue weighted by molar-refractivity contribution is -0.126.